The third kappa shape index (κ3) is 4.01. The average Bonchev–Trinajstić information content (AvgIpc) is 2.81. The van der Waals surface area contributed by atoms with Crippen LogP contribution in [0.15, 0.2) is 64.8 Å². The Hall–Kier alpha value is -3.89. The van der Waals surface area contributed by atoms with E-state index in [1.54, 1.807) is 41.0 Å². The summed E-state index contributed by atoms with van der Waals surface area (Å²) in [6.45, 7) is 2.17. The van der Waals surface area contributed by atoms with Gasteiger partial charge in [0.25, 0.3) is 5.56 Å². The smallest absolute Gasteiger partial charge is 0.259 e. The van der Waals surface area contributed by atoms with Gasteiger partial charge < -0.3 is 24.5 Å². The lowest BCUT2D eigenvalue weighted by Crippen LogP contribution is -2.33. The summed E-state index contributed by atoms with van der Waals surface area (Å²) in [5, 5.41) is 10.5. The molecule has 0 spiro atoms. The van der Waals surface area contributed by atoms with Crippen molar-refractivity contribution in [2.45, 2.75) is 19.4 Å². The molecule has 1 unspecified atom stereocenters. The van der Waals surface area contributed by atoms with Gasteiger partial charge in [-0.3, -0.25) is 4.79 Å². The number of aryl methyl sites for hydroxylation is 1. The Morgan fingerprint density at radius 2 is 1.82 bits per heavy atom. The summed E-state index contributed by atoms with van der Waals surface area (Å²) in [6, 6.07) is 16.4. The van der Waals surface area contributed by atoms with Crippen molar-refractivity contribution in [1.29, 1.82) is 5.26 Å². The number of methoxy groups -OCH3 is 2. The van der Waals surface area contributed by atoms with Crippen molar-refractivity contribution in [3.8, 4) is 23.3 Å². The summed E-state index contributed by atoms with van der Waals surface area (Å²) in [6.07, 6.45) is 0. The van der Waals surface area contributed by atoms with Gasteiger partial charge in [0.2, 0.25) is 5.88 Å². The van der Waals surface area contributed by atoms with E-state index in [-0.39, 0.29) is 17.0 Å². The molecule has 0 amide bonds. The van der Waals surface area contributed by atoms with Crippen LogP contribution in [0.3, 0.4) is 0 Å². The summed E-state index contributed by atoms with van der Waals surface area (Å²) >= 11 is 6.00. The largest absolute Gasteiger partial charge is 0.493 e. The molecule has 0 saturated carbocycles. The first-order chi connectivity index (χ1) is 15.9. The van der Waals surface area contributed by atoms with Crippen LogP contribution in [0.5, 0.6) is 17.2 Å². The molecule has 4 rings (SSSR count). The van der Waals surface area contributed by atoms with Crippen molar-refractivity contribution in [1.82, 2.24) is 4.57 Å². The lowest BCUT2D eigenvalue weighted by Gasteiger charge is -2.27. The van der Waals surface area contributed by atoms with E-state index < -0.39 is 5.92 Å². The van der Waals surface area contributed by atoms with Crippen molar-refractivity contribution in [2.75, 3.05) is 14.2 Å². The van der Waals surface area contributed by atoms with Crippen molar-refractivity contribution in [3.63, 3.8) is 0 Å². The van der Waals surface area contributed by atoms with E-state index in [4.69, 9.17) is 31.5 Å². The summed E-state index contributed by atoms with van der Waals surface area (Å²) in [5.74, 6) is 0.601. The van der Waals surface area contributed by atoms with Crippen LogP contribution in [-0.2, 0) is 6.54 Å². The fraction of sp³-hybridized carbons (Fsp3) is 0.200. The van der Waals surface area contributed by atoms with E-state index in [0.717, 1.165) is 5.56 Å². The normalized spacial score (nSPS) is 14.8. The topological polar surface area (TPSA) is 99.5 Å². The Labute approximate surface area is 196 Å². The Morgan fingerprint density at radius 1 is 1.12 bits per heavy atom. The number of nitrogens with zero attached hydrogens (tertiary/aromatic N) is 2. The molecule has 33 heavy (non-hydrogen) atoms. The first-order valence-corrected chi connectivity index (χ1v) is 10.5. The van der Waals surface area contributed by atoms with Crippen LogP contribution in [0.1, 0.15) is 28.3 Å². The molecular formula is C25H22ClN3O4. The zero-order valence-electron chi connectivity index (χ0n) is 18.4. The molecule has 0 radical (unpaired) electrons. The molecule has 1 aliphatic heterocycles. The van der Waals surface area contributed by atoms with Crippen LogP contribution in [0.2, 0.25) is 5.02 Å². The minimum Gasteiger partial charge on any atom is -0.493 e. The van der Waals surface area contributed by atoms with Gasteiger partial charge in [-0.25, -0.2) is 0 Å². The highest BCUT2D eigenvalue weighted by molar-refractivity contribution is 6.30. The quantitative estimate of drug-likeness (QED) is 0.611. The molecule has 3 aromatic rings. The molecular weight excluding hydrogens is 442 g/mol. The van der Waals surface area contributed by atoms with Crippen LogP contribution in [0.25, 0.3) is 0 Å². The predicted molar refractivity (Wildman–Crippen MR) is 125 cm³/mol. The number of nitriles is 1. The third-order valence-corrected chi connectivity index (χ3v) is 5.94. The Bertz CT molecular complexity index is 1350. The zero-order chi connectivity index (χ0) is 23.7. The van der Waals surface area contributed by atoms with Gasteiger partial charge in [-0.2, -0.15) is 5.26 Å². The molecule has 0 fully saturated rings. The first kappa shape index (κ1) is 22.3. The van der Waals surface area contributed by atoms with Gasteiger partial charge in [0.1, 0.15) is 17.4 Å². The molecule has 1 aliphatic rings. The highest BCUT2D eigenvalue weighted by atomic mass is 35.5. The van der Waals surface area contributed by atoms with Crippen molar-refractivity contribution < 1.29 is 14.2 Å². The van der Waals surface area contributed by atoms with E-state index in [1.807, 2.05) is 19.1 Å². The number of hydrogen-bond acceptors (Lipinski definition) is 6. The van der Waals surface area contributed by atoms with Crippen LogP contribution < -0.4 is 25.5 Å². The first-order valence-electron chi connectivity index (χ1n) is 10.2. The number of rotatable bonds is 5. The SMILES string of the molecule is COc1ccc(C2C(C#N)=C(N)Oc3cc(C)n(Cc4ccc(Cl)cc4)c(=O)c32)cc1OC. The average molecular weight is 464 g/mol. The third-order valence-electron chi connectivity index (χ3n) is 5.68. The number of benzene rings is 2. The van der Waals surface area contributed by atoms with Gasteiger partial charge in [0, 0.05) is 16.8 Å². The van der Waals surface area contributed by atoms with Crippen LogP contribution in [0.4, 0.5) is 0 Å². The maximum atomic E-state index is 13.8. The number of nitrogens with two attached hydrogens (primary N) is 1. The van der Waals surface area contributed by atoms with E-state index in [0.29, 0.717) is 45.6 Å². The number of allylic oxidation sites excluding steroid dienone is 1. The van der Waals surface area contributed by atoms with Gasteiger partial charge in [0.15, 0.2) is 11.5 Å². The van der Waals surface area contributed by atoms with Crippen molar-refractivity contribution in [3.05, 3.63) is 97.7 Å². The van der Waals surface area contributed by atoms with E-state index >= 15 is 0 Å². The molecule has 168 valence electrons. The highest BCUT2D eigenvalue weighted by Crippen LogP contribution is 2.42. The van der Waals surface area contributed by atoms with Gasteiger partial charge in [-0.1, -0.05) is 29.8 Å². The standard InChI is InChI=1S/C25H22ClN3O4/c1-14-10-21-23(25(30)29(14)13-15-4-7-17(26)8-5-15)22(18(12-27)24(28)33-21)16-6-9-19(31-2)20(11-16)32-3/h4-11,22H,13,28H2,1-3H3. The molecule has 0 saturated heterocycles. The van der Waals surface area contributed by atoms with Gasteiger partial charge >= 0.3 is 0 Å². The molecule has 0 bridgehead atoms. The van der Waals surface area contributed by atoms with Crippen molar-refractivity contribution in [2.24, 2.45) is 5.73 Å². The maximum absolute atomic E-state index is 13.8. The number of aromatic nitrogens is 1. The number of halogens is 1. The molecule has 0 aliphatic carbocycles. The van der Waals surface area contributed by atoms with Crippen LogP contribution >= 0.6 is 11.6 Å². The minimum atomic E-state index is -0.719. The Balaban J connectivity index is 1.91. The maximum Gasteiger partial charge on any atom is 0.259 e. The number of ether oxygens (including phenoxy) is 3. The molecule has 2 N–H and O–H groups in total. The Kier molecular flexibility index (Phi) is 6.03. The lowest BCUT2D eigenvalue weighted by molar-refractivity contribution is 0.354. The predicted octanol–water partition coefficient (Wildman–Crippen LogP) is 4.09. The molecule has 2 aromatic carbocycles. The molecule has 8 heteroatoms. The summed E-state index contributed by atoms with van der Waals surface area (Å²) < 4.78 is 18.1. The number of pyridine rings is 1. The fourth-order valence-electron chi connectivity index (χ4n) is 4.02. The second kappa shape index (κ2) is 8.93. The second-order valence-corrected chi connectivity index (χ2v) is 8.06. The van der Waals surface area contributed by atoms with Crippen LogP contribution in [0, 0.1) is 18.3 Å². The fourth-order valence-corrected chi connectivity index (χ4v) is 4.15. The van der Waals surface area contributed by atoms with E-state index in [2.05, 4.69) is 6.07 Å². The van der Waals surface area contributed by atoms with Gasteiger partial charge in [-0.05, 0) is 42.3 Å². The summed E-state index contributed by atoms with van der Waals surface area (Å²) in [5.41, 5.74) is 8.61. The van der Waals surface area contributed by atoms with Gasteiger partial charge in [0.05, 0.1) is 32.2 Å². The Morgan fingerprint density at radius 3 is 2.45 bits per heavy atom. The molecule has 1 atom stereocenters. The second-order valence-electron chi connectivity index (χ2n) is 7.62. The van der Waals surface area contributed by atoms with Crippen LogP contribution in [-0.4, -0.2) is 18.8 Å². The van der Waals surface area contributed by atoms with Crippen molar-refractivity contribution >= 4 is 11.6 Å². The molecule has 2 heterocycles. The van der Waals surface area contributed by atoms with Gasteiger partial charge in [-0.15, -0.1) is 0 Å². The minimum absolute atomic E-state index is 0.0287. The summed E-state index contributed by atoms with van der Waals surface area (Å²) in [4.78, 5) is 13.8. The van der Waals surface area contributed by atoms with E-state index in [9.17, 15) is 10.1 Å². The number of fused-ring (bicyclic) bond motifs is 1. The number of hydrogen-bond donors (Lipinski definition) is 1. The zero-order valence-corrected chi connectivity index (χ0v) is 19.1. The summed E-state index contributed by atoms with van der Waals surface area (Å²) in [7, 11) is 3.06. The monoisotopic (exact) mass is 463 g/mol. The lowest BCUT2D eigenvalue weighted by atomic mass is 9.84. The molecule has 7 nitrogen and oxygen atoms in total. The molecule has 1 aromatic heterocycles. The highest BCUT2D eigenvalue weighted by Gasteiger charge is 2.34. The van der Waals surface area contributed by atoms with E-state index in [1.165, 1.54) is 14.2 Å².